The molecule has 2 aromatic rings. The van der Waals surface area contributed by atoms with E-state index in [1.54, 1.807) is 0 Å². The van der Waals surface area contributed by atoms with Crippen LogP contribution in [0.4, 0.5) is 4.39 Å². The van der Waals surface area contributed by atoms with Crippen LogP contribution in [0.5, 0.6) is 0 Å². The number of aliphatic carboxylic acids is 1. The van der Waals surface area contributed by atoms with Crippen molar-refractivity contribution < 1.29 is 14.3 Å². The molecule has 0 aliphatic heterocycles. The number of hydrogen-bond donors (Lipinski definition) is 1. The zero-order chi connectivity index (χ0) is 11.7. The van der Waals surface area contributed by atoms with Crippen molar-refractivity contribution >= 4 is 23.2 Å². The molecule has 0 unspecified atom stereocenters. The third kappa shape index (κ3) is 1.99. The quantitative estimate of drug-likeness (QED) is 0.897. The SMILES string of the molecule is O=C(O)CCc1nc2ccc(F)cn2c1Cl. The molecule has 0 spiro atoms. The molecule has 0 fully saturated rings. The molecule has 0 atom stereocenters. The van der Waals surface area contributed by atoms with E-state index < -0.39 is 11.8 Å². The Bertz CT molecular complexity index is 553. The van der Waals surface area contributed by atoms with Gasteiger partial charge in [-0.3, -0.25) is 9.20 Å². The van der Waals surface area contributed by atoms with Gasteiger partial charge in [0, 0.05) is 12.6 Å². The van der Waals surface area contributed by atoms with Gasteiger partial charge in [0.25, 0.3) is 0 Å². The summed E-state index contributed by atoms with van der Waals surface area (Å²) in [5, 5.41) is 8.81. The van der Waals surface area contributed by atoms with Gasteiger partial charge in [0.15, 0.2) is 0 Å². The van der Waals surface area contributed by atoms with E-state index in [1.807, 2.05) is 0 Å². The van der Waals surface area contributed by atoms with Crippen molar-refractivity contribution in [1.82, 2.24) is 9.38 Å². The lowest BCUT2D eigenvalue weighted by atomic mass is 10.2. The van der Waals surface area contributed by atoms with Crippen molar-refractivity contribution in [3.63, 3.8) is 0 Å². The highest BCUT2D eigenvalue weighted by molar-refractivity contribution is 6.30. The Morgan fingerprint density at radius 3 is 3.00 bits per heavy atom. The molecule has 0 aliphatic carbocycles. The molecule has 0 amide bonds. The lowest BCUT2D eigenvalue weighted by molar-refractivity contribution is -0.136. The Morgan fingerprint density at radius 1 is 1.56 bits per heavy atom. The van der Waals surface area contributed by atoms with Gasteiger partial charge in [-0.25, -0.2) is 9.37 Å². The second-order valence-corrected chi connectivity index (χ2v) is 3.68. The molecule has 84 valence electrons. The molecule has 0 aliphatic rings. The van der Waals surface area contributed by atoms with Crippen LogP contribution in [0, 0.1) is 5.82 Å². The number of rotatable bonds is 3. The first-order valence-corrected chi connectivity index (χ1v) is 4.99. The van der Waals surface area contributed by atoms with Gasteiger partial charge in [-0.15, -0.1) is 0 Å². The van der Waals surface area contributed by atoms with Crippen LogP contribution in [0.15, 0.2) is 18.3 Å². The first kappa shape index (κ1) is 10.9. The highest BCUT2D eigenvalue weighted by Crippen LogP contribution is 2.20. The molecule has 6 heteroatoms. The maximum Gasteiger partial charge on any atom is 0.303 e. The van der Waals surface area contributed by atoms with Crippen LogP contribution in [-0.2, 0) is 11.2 Å². The monoisotopic (exact) mass is 242 g/mol. The lowest BCUT2D eigenvalue weighted by Crippen LogP contribution is -1.98. The average Bonchev–Trinajstić information content (AvgIpc) is 2.53. The van der Waals surface area contributed by atoms with Gasteiger partial charge in [0.05, 0.1) is 12.1 Å². The minimum absolute atomic E-state index is 0.0495. The van der Waals surface area contributed by atoms with E-state index in [4.69, 9.17) is 16.7 Å². The summed E-state index contributed by atoms with van der Waals surface area (Å²) in [6.45, 7) is 0. The van der Waals surface area contributed by atoms with Crippen LogP contribution in [0.3, 0.4) is 0 Å². The summed E-state index contributed by atoms with van der Waals surface area (Å²) in [5.41, 5.74) is 0.974. The van der Waals surface area contributed by atoms with Crippen molar-refractivity contribution in [2.75, 3.05) is 0 Å². The summed E-state index contributed by atoms with van der Waals surface area (Å²) in [5.74, 6) is -1.34. The molecule has 0 saturated carbocycles. The Labute approximate surface area is 95.3 Å². The molecule has 0 aromatic carbocycles. The largest absolute Gasteiger partial charge is 0.481 e. The van der Waals surface area contributed by atoms with Crippen molar-refractivity contribution in [1.29, 1.82) is 0 Å². The van der Waals surface area contributed by atoms with E-state index in [9.17, 15) is 9.18 Å². The van der Waals surface area contributed by atoms with Crippen LogP contribution in [-0.4, -0.2) is 20.5 Å². The molecule has 0 radical (unpaired) electrons. The van der Waals surface area contributed by atoms with Crippen LogP contribution in [0.1, 0.15) is 12.1 Å². The molecule has 2 rings (SSSR count). The van der Waals surface area contributed by atoms with Crippen LogP contribution < -0.4 is 0 Å². The second-order valence-electron chi connectivity index (χ2n) is 3.32. The number of fused-ring (bicyclic) bond motifs is 1. The Hall–Kier alpha value is -1.62. The number of carboxylic acids is 1. The Morgan fingerprint density at radius 2 is 2.31 bits per heavy atom. The standard InChI is InChI=1S/C10H8ClFN2O2/c11-10-7(2-4-9(15)16)13-8-3-1-6(12)5-14(8)10/h1,3,5H,2,4H2,(H,15,16). The van der Waals surface area contributed by atoms with Crippen LogP contribution >= 0.6 is 11.6 Å². The van der Waals surface area contributed by atoms with Gasteiger partial charge in [-0.1, -0.05) is 11.6 Å². The topological polar surface area (TPSA) is 54.6 Å². The number of hydrogen-bond acceptors (Lipinski definition) is 2. The zero-order valence-corrected chi connectivity index (χ0v) is 8.91. The summed E-state index contributed by atoms with van der Waals surface area (Å²) in [7, 11) is 0. The fraction of sp³-hybridized carbons (Fsp3) is 0.200. The Balaban J connectivity index is 2.40. The number of aromatic nitrogens is 2. The second kappa shape index (κ2) is 4.09. The van der Waals surface area contributed by atoms with Gasteiger partial charge < -0.3 is 5.11 Å². The number of aryl methyl sites for hydroxylation is 1. The van der Waals surface area contributed by atoms with E-state index in [1.165, 1.54) is 22.7 Å². The number of halogens is 2. The minimum Gasteiger partial charge on any atom is -0.481 e. The maximum atomic E-state index is 12.9. The van der Waals surface area contributed by atoms with E-state index in [0.29, 0.717) is 11.3 Å². The number of carbonyl (C=O) groups is 1. The van der Waals surface area contributed by atoms with Gasteiger partial charge in [0.1, 0.15) is 16.6 Å². The molecular weight excluding hydrogens is 235 g/mol. The average molecular weight is 243 g/mol. The lowest BCUT2D eigenvalue weighted by Gasteiger charge is -1.95. The smallest absolute Gasteiger partial charge is 0.303 e. The molecule has 4 nitrogen and oxygen atoms in total. The molecule has 1 N–H and O–H groups in total. The zero-order valence-electron chi connectivity index (χ0n) is 8.15. The third-order valence-corrected chi connectivity index (χ3v) is 2.57. The van der Waals surface area contributed by atoms with Crippen LogP contribution in [0.2, 0.25) is 5.15 Å². The summed E-state index contributed by atoms with van der Waals surface area (Å²) in [6, 6.07) is 2.77. The Kier molecular flexibility index (Phi) is 2.78. The maximum absolute atomic E-state index is 12.9. The van der Waals surface area contributed by atoms with E-state index in [-0.39, 0.29) is 18.0 Å². The summed E-state index contributed by atoms with van der Waals surface area (Å²) >= 11 is 5.95. The van der Waals surface area contributed by atoms with Gasteiger partial charge in [-0.2, -0.15) is 0 Å². The number of nitrogens with zero attached hydrogens (tertiary/aromatic N) is 2. The molecular formula is C10H8ClFN2O2. The first-order valence-electron chi connectivity index (χ1n) is 4.61. The van der Waals surface area contributed by atoms with Crippen molar-refractivity contribution in [3.8, 4) is 0 Å². The minimum atomic E-state index is -0.917. The van der Waals surface area contributed by atoms with Crippen molar-refractivity contribution in [2.24, 2.45) is 0 Å². The number of imidazole rings is 1. The predicted octanol–water partition coefficient (Wildman–Crippen LogP) is 2.14. The number of pyridine rings is 1. The van der Waals surface area contributed by atoms with Crippen LogP contribution in [0.25, 0.3) is 5.65 Å². The molecule has 16 heavy (non-hydrogen) atoms. The molecule has 0 saturated heterocycles. The van der Waals surface area contributed by atoms with Crippen molar-refractivity contribution in [3.05, 3.63) is 35.0 Å². The summed E-state index contributed by atoms with van der Waals surface area (Å²) < 4.78 is 14.3. The first-order chi connectivity index (χ1) is 7.58. The highest BCUT2D eigenvalue weighted by atomic mass is 35.5. The highest BCUT2D eigenvalue weighted by Gasteiger charge is 2.11. The van der Waals surface area contributed by atoms with Gasteiger partial charge in [0.2, 0.25) is 0 Å². The van der Waals surface area contributed by atoms with E-state index in [0.717, 1.165) is 0 Å². The normalized spacial score (nSPS) is 10.9. The summed E-state index contributed by atoms with van der Waals surface area (Å²) in [4.78, 5) is 14.5. The van der Waals surface area contributed by atoms with E-state index in [2.05, 4.69) is 4.98 Å². The fourth-order valence-corrected chi connectivity index (χ4v) is 1.70. The number of carboxylic acid groups (broad SMARTS) is 1. The predicted molar refractivity (Wildman–Crippen MR) is 56.1 cm³/mol. The fourth-order valence-electron chi connectivity index (χ4n) is 1.42. The summed E-state index contributed by atoms with van der Waals surface area (Å²) in [6.07, 6.45) is 1.40. The molecule has 0 bridgehead atoms. The molecule has 2 heterocycles. The van der Waals surface area contributed by atoms with Gasteiger partial charge in [-0.05, 0) is 12.1 Å². The van der Waals surface area contributed by atoms with E-state index >= 15 is 0 Å². The molecule has 2 aromatic heterocycles. The third-order valence-electron chi connectivity index (χ3n) is 2.17. The van der Waals surface area contributed by atoms with Crippen molar-refractivity contribution in [2.45, 2.75) is 12.8 Å². The van der Waals surface area contributed by atoms with Gasteiger partial charge >= 0.3 is 5.97 Å².